The van der Waals surface area contributed by atoms with Gasteiger partial charge in [0, 0.05) is 18.3 Å². The Morgan fingerprint density at radius 3 is 2.94 bits per heavy atom. The molecule has 0 aromatic carbocycles. The molecule has 0 spiro atoms. The van der Waals surface area contributed by atoms with Crippen LogP contribution >= 0.6 is 0 Å². The number of nitrogens with zero attached hydrogens (tertiary/aromatic N) is 2. The minimum atomic E-state index is -0.0841. The lowest BCUT2D eigenvalue weighted by atomic mass is 10.0. The number of hydrogen-bond donors (Lipinski definition) is 2. The summed E-state index contributed by atoms with van der Waals surface area (Å²) in [4.78, 5) is 12.0. The van der Waals surface area contributed by atoms with Gasteiger partial charge in [0.05, 0.1) is 6.04 Å². The number of nitrogens with one attached hydrogen (secondary N) is 2. The first-order chi connectivity index (χ1) is 8.08. The number of anilines is 1. The van der Waals surface area contributed by atoms with Crippen LogP contribution in [-0.4, -0.2) is 28.3 Å². The molecular weight excluding hydrogens is 216 g/mol. The lowest BCUT2D eigenvalue weighted by molar-refractivity contribution is -0.118. The zero-order chi connectivity index (χ0) is 12.4. The average Bonchev–Trinajstić information content (AvgIpc) is 2.86. The number of carbonyl (C=O) groups excluding carboxylic acids is 1. The van der Waals surface area contributed by atoms with Crippen LogP contribution in [0.1, 0.15) is 33.2 Å². The van der Waals surface area contributed by atoms with E-state index in [4.69, 9.17) is 0 Å². The highest BCUT2D eigenvalue weighted by molar-refractivity contribution is 5.94. The maximum Gasteiger partial charge on any atom is 0.242 e. The van der Waals surface area contributed by atoms with Crippen LogP contribution in [0, 0.1) is 5.92 Å². The van der Waals surface area contributed by atoms with Crippen LogP contribution in [0.2, 0.25) is 0 Å². The van der Waals surface area contributed by atoms with E-state index in [0.29, 0.717) is 17.8 Å². The second-order valence-corrected chi connectivity index (χ2v) is 4.96. The van der Waals surface area contributed by atoms with Gasteiger partial charge in [0.25, 0.3) is 0 Å². The standard InChI is InChI=1S/C12H20N4O/c1-8(2)16-7-5-10(15-16)14-12(17)11-9(3)4-6-13-11/h5,7-9,11,13H,4,6H2,1-3H3,(H,14,15,17). The number of amides is 1. The van der Waals surface area contributed by atoms with Gasteiger partial charge in [0.15, 0.2) is 5.82 Å². The van der Waals surface area contributed by atoms with Gasteiger partial charge < -0.3 is 10.6 Å². The molecule has 94 valence electrons. The van der Waals surface area contributed by atoms with Gasteiger partial charge in [-0.05, 0) is 32.7 Å². The first-order valence-corrected chi connectivity index (χ1v) is 6.17. The second kappa shape index (κ2) is 4.87. The normalized spacial score (nSPS) is 24.2. The Bertz CT molecular complexity index is 399. The van der Waals surface area contributed by atoms with E-state index in [9.17, 15) is 4.79 Å². The summed E-state index contributed by atoms with van der Waals surface area (Å²) in [5.74, 6) is 1.04. The Labute approximate surface area is 102 Å². The van der Waals surface area contributed by atoms with E-state index in [1.54, 1.807) is 0 Å². The highest BCUT2D eigenvalue weighted by Crippen LogP contribution is 2.16. The fourth-order valence-corrected chi connectivity index (χ4v) is 2.08. The van der Waals surface area contributed by atoms with E-state index >= 15 is 0 Å². The zero-order valence-electron chi connectivity index (χ0n) is 10.6. The van der Waals surface area contributed by atoms with Crippen molar-refractivity contribution in [1.82, 2.24) is 15.1 Å². The van der Waals surface area contributed by atoms with Crippen LogP contribution in [0.5, 0.6) is 0 Å². The number of hydrogen-bond acceptors (Lipinski definition) is 3. The maximum absolute atomic E-state index is 12.0. The second-order valence-electron chi connectivity index (χ2n) is 4.96. The summed E-state index contributed by atoms with van der Waals surface area (Å²) >= 11 is 0. The largest absolute Gasteiger partial charge is 0.308 e. The van der Waals surface area contributed by atoms with Crippen LogP contribution in [0.25, 0.3) is 0 Å². The van der Waals surface area contributed by atoms with E-state index in [2.05, 4.69) is 36.5 Å². The van der Waals surface area contributed by atoms with Crippen molar-refractivity contribution in [3.05, 3.63) is 12.3 Å². The molecule has 1 aromatic heterocycles. The molecule has 1 aliphatic rings. The fourth-order valence-electron chi connectivity index (χ4n) is 2.08. The summed E-state index contributed by atoms with van der Waals surface area (Å²) in [7, 11) is 0. The quantitative estimate of drug-likeness (QED) is 0.834. The Morgan fingerprint density at radius 2 is 2.41 bits per heavy atom. The summed E-state index contributed by atoms with van der Waals surface area (Å²) in [6.07, 6.45) is 2.93. The molecule has 2 heterocycles. The van der Waals surface area contributed by atoms with Gasteiger partial charge in [-0.15, -0.1) is 0 Å². The van der Waals surface area contributed by atoms with Crippen LogP contribution in [0.15, 0.2) is 12.3 Å². The lowest BCUT2D eigenvalue weighted by Crippen LogP contribution is -2.39. The van der Waals surface area contributed by atoms with Crippen molar-refractivity contribution in [3.63, 3.8) is 0 Å². The molecule has 17 heavy (non-hydrogen) atoms. The molecule has 1 aromatic rings. The fraction of sp³-hybridized carbons (Fsp3) is 0.667. The molecule has 0 aliphatic carbocycles. The molecule has 1 saturated heterocycles. The molecule has 0 saturated carbocycles. The molecule has 2 unspecified atom stereocenters. The predicted octanol–water partition coefficient (Wildman–Crippen LogP) is 1.40. The third kappa shape index (κ3) is 2.66. The summed E-state index contributed by atoms with van der Waals surface area (Å²) in [5, 5.41) is 10.4. The van der Waals surface area contributed by atoms with Crippen molar-refractivity contribution in [2.75, 3.05) is 11.9 Å². The van der Waals surface area contributed by atoms with Gasteiger partial charge in [-0.25, -0.2) is 0 Å². The monoisotopic (exact) mass is 236 g/mol. The van der Waals surface area contributed by atoms with Gasteiger partial charge in [-0.2, -0.15) is 5.10 Å². The lowest BCUT2D eigenvalue weighted by Gasteiger charge is -2.14. The SMILES string of the molecule is CC1CCNC1C(=O)Nc1ccn(C(C)C)n1. The summed E-state index contributed by atoms with van der Waals surface area (Å²) in [5.41, 5.74) is 0. The zero-order valence-corrected chi connectivity index (χ0v) is 10.6. The Hall–Kier alpha value is -1.36. The molecule has 5 nitrogen and oxygen atoms in total. The van der Waals surface area contributed by atoms with E-state index in [1.807, 2.05) is 16.9 Å². The molecule has 0 bridgehead atoms. The van der Waals surface area contributed by atoms with Crippen molar-refractivity contribution < 1.29 is 4.79 Å². The van der Waals surface area contributed by atoms with E-state index in [0.717, 1.165) is 13.0 Å². The molecule has 1 fully saturated rings. The number of aromatic nitrogens is 2. The van der Waals surface area contributed by atoms with E-state index in [1.165, 1.54) is 0 Å². The van der Waals surface area contributed by atoms with Crippen molar-refractivity contribution in [1.29, 1.82) is 0 Å². The number of carbonyl (C=O) groups is 1. The van der Waals surface area contributed by atoms with Gasteiger partial charge >= 0.3 is 0 Å². The Balaban J connectivity index is 1.97. The molecule has 2 atom stereocenters. The Morgan fingerprint density at radius 1 is 1.65 bits per heavy atom. The molecule has 2 N–H and O–H groups in total. The first-order valence-electron chi connectivity index (χ1n) is 6.17. The van der Waals surface area contributed by atoms with E-state index in [-0.39, 0.29) is 11.9 Å². The highest BCUT2D eigenvalue weighted by atomic mass is 16.2. The third-order valence-electron chi connectivity index (χ3n) is 3.20. The number of rotatable bonds is 3. The van der Waals surface area contributed by atoms with Crippen LogP contribution in [-0.2, 0) is 4.79 Å². The minimum absolute atomic E-state index is 0.0176. The highest BCUT2D eigenvalue weighted by Gasteiger charge is 2.29. The smallest absolute Gasteiger partial charge is 0.242 e. The van der Waals surface area contributed by atoms with Crippen LogP contribution in [0.4, 0.5) is 5.82 Å². The van der Waals surface area contributed by atoms with E-state index < -0.39 is 0 Å². The van der Waals surface area contributed by atoms with Gasteiger partial charge in [0.1, 0.15) is 0 Å². The van der Waals surface area contributed by atoms with Gasteiger partial charge in [0.2, 0.25) is 5.91 Å². The maximum atomic E-state index is 12.0. The summed E-state index contributed by atoms with van der Waals surface area (Å²) in [6.45, 7) is 7.12. The molecule has 1 aliphatic heterocycles. The molecule has 5 heteroatoms. The topological polar surface area (TPSA) is 59.0 Å². The Kier molecular flexibility index (Phi) is 3.47. The van der Waals surface area contributed by atoms with Gasteiger partial charge in [-0.3, -0.25) is 9.48 Å². The van der Waals surface area contributed by atoms with Crippen molar-refractivity contribution in [2.45, 2.75) is 39.3 Å². The predicted molar refractivity (Wildman–Crippen MR) is 66.8 cm³/mol. The van der Waals surface area contributed by atoms with Crippen molar-refractivity contribution in [2.24, 2.45) is 5.92 Å². The minimum Gasteiger partial charge on any atom is -0.308 e. The van der Waals surface area contributed by atoms with Gasteiger partial charge in [-0.1, -0.05) is 6.92 Å². The first kappa shape index (κ1) is 12.1. The molecular formula is C12H20N4O. The average molecular weight is 236 g/mol. The van der Waals surface area contributed by atoms with Crippen molar-refractivity contribution >= 4 is 11.7 Å². The van der Waals surface area contributed by atoms with Crippen LogP contribution in [0.3, 0.4) is 0 Å². The summed E-state index contributed by atoms with van der Waals surface area (Å²) < 4.78 is 1.83. The molecule has 2 rings (SSSR count). The van der Waals surface area contributed by atoms with Crippen LogP contribution < -0.4 is 10.6 Å². The summed E-state index contributed by atoms with van der Waals surface area (Å²) in [6, 6.07) is 2.06. The molecule has 1 amide bonds. The molecule has 0 radical (unpaired) electrons. The third-order valence-corrected chi connectivity index (χ3v) is 3.20. The van der Waals surface area contributed by atoms with Crippen molar-refractivity contribution in [3.8, 4) is 0 Å².